The van der Waals surface area contributed by atoms with Gasteiger partial charge in [-0.3, -0.25) is 9.78 Å². The van der Waals surface area contributed by atoms with Crippen LogP contribution in [0.1, 0.15) is 16.3 Å². The van der Waals surface area contributed by atoms with Crippen LogP contribution < -0.4 is 0 Å². The van der Waals surface area contributed by atoms with Crippen molar-refractivity contribution in [2.24, 2.45) is 0 Å². The third kappa shape index (κ3) is 4.41. The number of Topliss-reactive ketones (excluding diaryl/α,β-unsaturated/α-hetero) is 1. The molecule has 4 rings (SSSR count). The number of benzene rings is 2. The van der Waals surface area contributed by atoms with Crippen LogP contribution in [0.2, 0.25) is 0 Å². The van der Waals surface area contributed by atoms with Crippen LogP contribution in [0.3, 0.4) is 0 Å². The number of carbonyl (C=O) groups is 1. The van der Waals surface area contributed by atoms with Gasteiger partial charge in [-0.2, -0.15) is 0 Å². The van der Waals surface area contributed by atoms with Gasteiger partial charge in [0, 0.05) is 29.3 Å². The van der Waals surface area contributed by atoms with E-state index >= 15 is 0 Å². The van der Waals surface area contributed by atoms with Crippen molar-refractivity contribution in [1.29, 1.82) is 0 Å². The second kappa shape index (κ2) is 8.28. The molecule has 0 bridgehead atoms. The summed E-state index contributed by atoms with van der Waals surface area (Å²) >= 11 is 1.55. The summed E-state index contributed by atoms with van der Waals surface area (Å²) in [5.74, 6) is 0.182. The van der Waals surface area contributed by atoms with Crippen LogP contribution in [-0.4, -0.2) is 15.8 Å². The molecule has 0 aliphatic heterocycles. The van der Waals surface area contributed by atoms with E-state index in [4.69, 9.17) is 0 Å². The van der Waals surface area contributed by atoms with Crippen LogP contribution in [0, 0.1) is 6.92 Å². The molecular formula is C24H20N2OS. The molecule has 0 fully saturated rings. The first-order valence-electron chi connectivity index (χ1n) is 9.21. The van der Waals surface area contributed by atoms with E-state index < -0.39 is 0 Å². The second-order valence-corrected chi connectivity index (χ2v) is 7.71. The van der Waals surface area contributed by atoms with Crippen molar-refractivity contribution in [3.05, 3.63) is 94.6 Å². The largest absolute Gasteiger partial charge is 0.299 e. The molecule has 3 nitrogen and oxygen atoms in total. The van der Waals surface area contributed by atoms with Crippen molar-refractivity contribution in [2.45, 2.75) is 19.8 Å². The first kappa shape index (κ1) is 18.3. The lowest BCUT2D eigenvalue weighted by atomic mass is 10.0. The number of thiazole rings is 1. The minimum Gasteiger partial charge on any atom is -0.299 e. The Morgan fingerprint density at radius 3 is 2.43 bits per heavy atom. The Morgan fingerprint density at radius 2 is 1.68 bits per heavy atom. The Kier molecular flexibility index (Phi) is 5.40. The van der Waals surface area contributed by atoms with E-state index in [1.807, 2.05) is 67.0 Å². The van der Waals surface area contributed by atoms with Crippen LogP contribution >= 0.6 is 11.3 Å². The molecule has 0 radical (unpaired) electrons. The normalized spacial score (nSPS) is 10.8. The van der Waals surface area contributed by atoms with Gasteiger partial charge in [-0.25, -0.2) is 4.98 Å². The lowest BCUT2D eigenvalue weighted by molar-refractivity contribution is -0.117. The van der Waals surface area contributed by atoms with Crippen molar-refractivity contribution >= 4 is 17.1 Å². The third-order valence-corrected chi connectivity index (χ3v) is 5.40. The lowest BCUT2D eigenvalue weighted by Gasteiger charge is -2.05. The molecule has 0 saturated carbocycles. The summed E-state index contributed by atoms with van der Waals surface area (Å²) in [5, 5.41) is 2.89. The average molecular weight is 385 g/mol. The van der Waals surface area contributed by atoms with E-state index in [-0.39, 0.29) is 5.78 Å². The van der Waals surface area contributed by atoms with E-state index in [1.165, 1.54) is 0 Å². The summed E-state index contributed by atoms with van der Waals surface area (Å²) in [5.41, 5.74) is 6.31. The van der Waals surface area contributed by atoms with Crippen LogP contribution in [0.5, 0.6) is 0 Å². The molecule has 138 valence electrons. The van der Waals surface area contributed by atoms with Crippen molar-refractivity contribution in [2.75, 3.05) is 0 Å². The van der Waals surface area contributed by atoms with E-state index in [2.05, 4.69) is 28.2 Å². The van der Waals surface area contributed by atoms with Gasteiger partial charge in [0.15, 0.2) is 0 Å². The Morgan fingerprint density at radius 1 is 0.893 bits per heavy atom. The van der Waals surface area contributed by atoms with E-state index in [1.54, 1.807) is 11.3 Å². The highest BCUT2D eigenvalue weighted by Gasteiger charge is 2.10. The molecule has 0 aliphatic rings. The fourth-order valence-electron chi connectivity index (χ4n) is 3.13. The molecule has 0 atom stereocenters. The highest BCUT2D eigenvalue weighted by atomic mass is 32.1. The number of nitrogens with zero attached hydrogens (tertiary/aromatic N) is 2. The molecule has 2 aromatic heterocycles. The number of pyridine rings is 1. The Bertz CT molecular complexity index is 1090. The number of carbonyl (C=O) groups excluding carboxylic acids is 1. The quantitative estimate of drug-likeness (QED) is 0.439. The van der Waals surface area contributed by atoms with Crippen molar-refractivity contribution < 1.29 is 4.79 Å². The smallest absolute Gasteiger partial charge is 0.144 e. The Hall–Kier alpha value is -3.11. The first-order chi connectivity index (χ1) is 13.7. The first-order valence-corrected chi connectivity index (χ1v) is 10.1. The van der Waals surface area contributed by atoms with E-state index in [9.17, 15) is 4.79 Å². The molecule has 0 saturated heterocycles. The van der Waals surface area contributed by atoms with Crippen LogP contribution in [0.25, 0.3) is 22.4 Å². The fourth-order valence-corrected chi connectivity index (χ4v) is 3.96. The van der Waals surface area contributed by atoms with Crippen molar-refractivity contribution in [1.82, 2.24) is 9.97 Å². The summed E-state index contributed by atoms with van der Waals surface area (Å²) in [6.45, 7) is 1.98. The van der Waals surface area contributed by atoms with Gasteiger partial charge in [-0.05, 0) is 35.7 Å². The zero-order valence-electron chi connectivity index (χ0n) is 15.6. The lowest BCUT2D eigenvalue weighted by Crippen LogP contribution is -2.06. The summed E-state index contributed by atoms with van der Waals surface area (Å²) in [7, 11) is 0. The van der Waals surface area contributed by atoms with E-state index in [0.717, 1.165) is 38.6 Å². The molecular weight excluding hydrogens is 364 g/mol. The molecule has 4 heteroatoms. The molecule has 4 aromatic rings. The van der Waals surface area contributed by atoms with Crippen LogP contribution in [0.15, 0.2) is 78.3 Å². The summed E-state index contributed by atoms with van der Waals surface area (Å²) in [4.78, 5) is 21.3. The van der Waals surface area contributed by atoms with Gasteiger partial charge in [0.25, 0.3) is 0 Å². The number of aryl methyl sites for hydroxylation is 1. The van der Waals surface area contributed by atoms with Gasteiger partial charge < -0.3 is 0 Å². The van der Waals surface area contributed by atoms with Crippen LogP contribution in [-0.2, 0) is 17.6 Å². The van der Waals surface area contributed by atoms with Crippen molar-refractivity contribution in [3.8, 4) is 22.4 Å². The monoisotopic (exact) mass is 384 g/mol. The maximum Gasteiger partial charge on any atom is 0.144 e. The van der Waals surface area contributed by atoms with Crippen LogP contribution in [0.4, 0.5) is 0 Å². The van der Waals surface area contributed by atoms with Gasteiger partial charge in [0.1, 0.15) is 10.8 Å². The predicted octanol–water partition coefficient (Wildman–Crippen LogP) is 5.53. The summed E-state index contributed by atoms with van der Waals surface area (Å²) < 4.78 is 0. The second-order valence-electron chi connectivity index (χ2n) is 6.77. The fraction of sp³-hybridized carbons (Fsp3) is 0.125. The van der Waals surface area contributed by atoms with Crippen molar-refractivity contribution in [3.63, 3.8) is 0 Å². The molecule has 0 amide bonds. The van der Waals surface area contributed by atoms with Gasteiger partial charge in [-0.15, -0.1) is 11.3 Å². The number of aromatic nitrogens is 2. The minimum atomic E-state index is 0.182. The zero-order valence-corrected chi connectivity index (χ0v) is 16.4. The number of ketones is 1. The minimum absolute atomic E-state index is 0.182. The third-order valence-electron chi connectivity index (χ3n) is 4.55. The topological polar surface area (TPSA) is 42.9 Å². The molecule has 2 heterocycles. The molecule has 28 heavy (non-hydrogen) atoms. The van der Waals surface area contributed by atoms with E-state index in [0.29, 0.717) is 12.8 Å². The Labute approximate surface area is 168 Å². The summed E-state index contributed by atoms with van der Waals surface area (Å²) in [6.07, 6.45) is 2.62. The molecule has 2 aromatic carbocycles. The maximum absolute atomic E-state index is 12.5. The number of hydrogen-bond acceptors (Lipinski definition) is 4. The molecule has 0 unspecified atom stereocenters. The Balaban J connectivity index is 1.39. The van der Waals surface area contributed by atoms with Gasteiger partial charge in [0.2, 0.25) is 0 Å². The predicted molar refractivity (Wildman–Crippen MR) is 114 cm³/mol. The number of hydrogen-bond donors (Lipinski definition) is 0. The van der Waals surface area contributed by atoms with Gasteiger partial charge in [0.05, 0.1) is 12.1 Å². The number of rotatable bonds is 6. The highest BCUT2D eigenvalue weighted by Crippen LogP contribution is 2.23. The highest BCUT2D eigenvalue weighted by molar-refractivity contribution is 7.10. The molecule has 0 aliphatic carbocycles. The standard InChI is InChI=1S/C24H20N2OS/c1-17-13-21(11-12-25-17)19-9-7-18(8-10-19)14-22(27)15-24-26-23(16-28-24)20-5-3-2-4-6-20/h2-13,16H,14-15H2,1H3. The average Bonchev–Trinajstić information content (AvgIpc) is 3.17. The van der Waals surface area contributed by atoms with Gasteiger partial charge >= 0.3 is 0 Å². The SMILES string of the molecule is Cc1cc(-c2ccc(CC(=O)Cc3nc(-c4ccccc4)cs3)cc2)ccn1. The van der Waals surface area contributed by atoms with Gasteiger partial charge in [-0.1, -0.05) is 54.6 Å². The molecule has 0 spiro atoms. The molecule has 0 N–H and O–H groups in total. The summed E-state index contributed by atoms with van der Waals surface area (Å²) in [6, 6.07) is 22.3. The maximum atomic E-state index is 12.5. The zero-order chi connectivity index (χ0) is 19.3.